The summed E-state index contributed by atoms with van der Waals surface area (Å²) in [5.41, 5.74) is 1.01. The zero-order valence-electron chi connectivity index (χ0n) is 7.22. The van der Waals surface area contributed by atoms with Gasteiger partial charge >= 0.3 is 0 Å². The SMILES string of the molecule is CC(C#N)Cc1cc(Cl)cc(Cl)c1. The highest BCUT2D eigenvalue weighted by molar-refractivity contribution is 6.34. The summed E-state index contributed by atoms with van der Waals surface area (Å²) < 4.78 is 0. The molecular formula is C10H9Cl2N. The molecule has 1 rings (SSSR count). The molecule has 0 aliphatic rings. The molecule has 13 heavy (non-hydrogen) atoms. The average Bonchev–Trinajstić information content (AvgIpc) is 2.02. The minimum Gasteiger partial charge on any atom is -0.198 e. The van der Waals surface area contributed by atoms with E-state index in [0.717, 1.165) is 5.56 Å². The van der Waals surface area contributed by atoms with E-state index >= 15 is 0 Å². The predicted molar refractivity (Wildman–Crippen MR) is 54.9 cm³/mol. The van der Waals surface area contributed by atoms with E-state index in [2.05, 4.69) is 6.07 Å². The number of nitriles is 1. The van der Waals surface area contributed by atoms with Crippen molar-refractivity contribution in [2.24, 2.45) is 5.92 Å². The first-order valence-electron chi connectivity index (χ1n) is 3.96. The molecule has 68 valence electrons. The molecule has 1 aromatic rings. The van der Waals surface area contributed by atoms with Crippen molar-refractivity contribution >= 4 is 23.2 Å². The third-order valence-corrected chi connectivity index (χ3v) is 2.12. The first-order chi connectivity index (χ1) is 6.11. The molecule has 0 spiro atoms. The quantitative estimate of drug-likeness (QED) is 0.736. The van der Waals surface area contributed by atoms with Crippen LogP contribution in [-0.2, 0) is 6.42 Å². The molecule has 0 bridgehead atoms. The molecule has 1 atom stereocenters. The van der Waals surface area contributed by atoms with Crippen LogP contribution >= 0.6 is 23.2 Å². The molecule has 0 saturated heterocycles. The van der Waals surface area contributed by atoms with Crippen molar-refractivity contribution in [2.45, 2.75) is 13.3 Å². The van der Waals surface area contributed by atoms with Crippen LogP contribution in [0.25, 0.3) is 0 Å². The Morgan fingerprint density at radius 2 is 1.85 bits per heavy atom. The normalized spacial score (nSPS) is 12.2. The monoisotopic (exact) mass is 213 g/mol. The van der Waals surface area contributed by atoms with Crippen molar-refractivity contribution < 1.29 is 0 Å². The van der Waals surface area contributed by atoms with Crippen molar-refractivity contribution in [1.29, 1.82) is 5.26 Å². The third kappa shape index (κ3) is 3.26. The Bertz CT molecular complexity index is 321. The van der Waals surface area contributed by atoms with E-state index in [4.69, 9.17) is 28.5 Å². The van der Waals surface area contributed by atoms with Gasteiger partial charge in [-0.15, -0.1) is 0 Å². The van der Waals surface area contributed by atoms with Gasteiger partial charge in [0.15, 0.2) is 0 Å². The summed E-state index contributed by atoms with van der Waals surface area (Å²) in [4.78, 5) is 0. The van der Waals surface area contributed by atoms with Crippen molar-refractivity contribution in [1.82, 2.24) is 0 Å². The van der Waals surface area contributed by atoms with E-state index in [0.29, 0.717) is 16.5 Å². The summed E-state index contributed by atoms with van der Waals surface area (Å²) in [6.45, 7) is 1.87. The Balaban J connectivity index is 2.84. The largest absolute Gasteiger partial charge is 0.198 e. The minimum absolute atomic E-state index is 0.00506. The molecule has 0 radical (unpaired) electrons. The first kappa shape index (κ1) is 10.4. The fourth-order valence-corrected chi connectivity index (χ4v) is 1.70. The Morgan fingerprint density at radius 3 is 2.31 bits per heavy atom. The van der Waals surface area contributed by atoms with Gasteiger partial charge in [-0.25, -0.2) is 0 Å². The number of halogens is 2. The number of hydrogen-bond donors (Lipinski definition) is 0. The topological polar surface area (TPSA) is 23.8 Å². The molecule has 0 amide bonds. The lowest BCUT2D eigenvalue weighted by Crippen LogP contribution is -1.95. The maximum atomic E-state index is 8.62. The molecule has 3 heteroatoms. The zero-order valence-corrected chi connectivity index (χ0v) is 8.73. The Labute approximate surface area is 87.9 Å². The molecule has 1 aromatic carbocycles. The van der Waals surface area contributed by atoms with E-state index in [1.165, 1.54) is 0 Å². The maximum absolute atomic E-state index is 8.62. The van der Waals surface area contributed by atoms with Crippen LogP contribution in [0.3, 0.4) is 0 Å². The van der Waals surface area contributed by atoms with Gasteiger partial charge in [0.1, 0.15) is 0 Å². The number of benzene rings is 1. The highest BCUT2D eigenvalue weighted by atomic mass is 35.5. The van der Waals surface area contributed by atoms with Gasteiger partial charge in [0, 0.05) is 16.0 Å². The van der Waals surface area contributed by atoms with Crippen molar-refractivity contribution in [3.05, 3.63) is 33.8 Å². The highest BCUT2D eigenvalue weighted by Gasteiger charge is 2.03. The number of hydrogen-bond acceptors (Lipinski definition) is 1. The molecular weight excluding hydrogens is 205 g/mol. The van der Waals surface area contributed by atoms with Gasteiger partial charge in [-0.1, -0.05) is 23.2 Å². The molecule has 1 unspecified atom stereocenters. The minimum atomic E-state index is -0.00506. The van der Waals surface area contributed by atoms with E-state index < -0.39 is 0 Å². The van der Waals surface area contributed by atoms with Gasteiger partial charge in [0.25, 0.3) is 0 Å². The number of nitrogens with zero attached hydrogens (tertiary/aromatic N) is 1. The Morgan fingerprint density at radius 1 is 1.31 bits per heavy atom. The summed E-state index contributed by atoms with van der Waals surface area (Å²) in [5, 5.41) is 9.86. The molecule has 0 heterocycles. The average molecular weight is 214 g/mol. The first-order valence-corrected chi connectivity index (χ1v) is 4.72. The van der Waals surface area contributed by atoms with E-state index in [-0.39, 0.29) is 5.92 Å². The standard InChI is InChI=1S/C10H9Cl2N/c1-7(6-13)2-8-3-9(11)5-10(12)4-8/h3-5,7H,2H2,1H3. The van der Waals surface area contributed by atoms with Gasteiger partial charge < -0.3 is 0 Å². The van der Waals surface area contributed by atoms with Crippen LogP contribution < -0.4 is 0 Å². The second kappa shape index (κ2) is 4.50. The lowest BCUT2D eigenvalue weighted by Gasteiger charge is -2.03. The lowest BCUT2D eigenvalue weighted by atomic mass is 10.0. The van der Waals surface area contributed by atoms with Crippen LogP contribution in [0.1, 0.15) is 12.5 Å². The van der Waals surface area contributed by atoms with Gasteiger partial charge in [0.2, 0.25) is 0 Å². The molecule has 0 aliphatic heterocycles. The summed E-state index contributed by atoms with van der Waals surface area (Å²) in [7, 11) is 0. The second-order valence-corrected chi connectivity index (χ2v) is 3.88. The van der Waals surface area contributed by atoms with Crippen LogP contribution in [-0.4, -0.2) is 0 Å². The predicted octanol–water partition coefficient (Wildman–Crippen LogP) is 3.70. The van der Waals surface area contributed by atoms with Gasteiger partial charge in [-0.3, -0.25) is 0 Å². The fraction of sp³-hybridized carbons (Fsp3) is 0.300. The second-order valence-electron chi connectivity index (χ2n) is 3.01. The van der Waals surface area contributed by atoms with Crippen LogP contribution in [0.4, 0.5) is 0 Å². The van der Waals surface area contributed by atoms with Gasteiger partial charge in [-0.2, -0.15) is 5.26 Å². The summed E-state index contributed by atoms with van der Waals surface area (Å²) in [6, 6.07) is 7.52. The molecule has 0 aromatic heterocycles. The van der Waals surface area contributed by atoms with Gasteiger partial charge in [0.05, 0.1) is 6.07 Å². The molecule has 0 N–H and O–H groups in total. The van der Waals surface area contributed by atoms with Crippen molar-refractivity contribution in [3.8, 4) is 6.07 Å². The summed E-state index contributed by atoms with van der Waals surface area (Å²) >= 11 is 11.6. The fourth-order valence-electron chi connectivity index (χ4n) is 1.13. The van der Waals surface area contributed by atoms with Crippen LogP contribution in [0.2, 0.25) is 10.0 Å². The van der Waals surface area contributed by atoms with E-state index in [1.807, 2.05) is 19.1 Å². The summed E-state index contributed by atoms with van der Waals surface area (Å²) in [5.74, 6) is -0.00506. The van der Waals surface area contributed by atoms with E-state index in [9.17, 15) is 0 Å². The van der Waals surface area contributed by atoms with Crippen molar-refractivity contribution in [3.63, 3.8) is 0 Å². The van der Waals surface area contributed by atoms with Crippen LogP contribution in [0.15, 0.2) is 18.2 Å². The third-order valence-electron chi connectivity index (χ3n) is 1.68. The van der Waals surface area contributed by atoms with Crippen molar-refractivity contribution in [2.75, 3.05) is 0 Å². The molecule has 0 saturated carbocycles. The van der Waals surface area contributed by atoms with Crippen LogP contribution in [0.5, 0.6) is 0 Å². The van der Waals surface area contributed by atoms with E-state index in [1.54, 1.807) is 6.07 Å². The zero-order chi connectivity index (χ0) is 9.84. The van der Waals surface area contributed by atoms with Crippen LogP contribution in [0, 0.1) is 17.2 Å². The van der Waals surface area contributed by atoms with Gasteiger partial charge in [-0.05, 0) is 37.1 Å². The molecule has 0 aliphatic carbocycles. The molecule has 0 fully saturated rings. The smallest absolute Gasteiger partial charge is 0.0656 e. The lowest BCUT2D eigenvalue weighted by molar-refractivity contribution is 0.739. The molecule has 1 nitrogen and oxygen atoms in total. The number of rotatable bonds is 2. The highest BCUT2D eigenvalue weighted by Crippen LogP contribution is 2.20. The Hall–Kier alpha value is -0.710. The summed E-state index contributed by atoms with van der Waals surface area (Å²) in [6.07, 6.45) is 0.691. The Kier molecular flexibility index (Phi) is 3.59. The maximum Gasteiger partial charge on any atom is 0.0656 e.